The highest BCUT2D eigenvalue weighted by Gasteiger charge is 2.11. The van der Waals surface area contributed by atoms with Gasteiger partial charge < -0.3 is 15.0 Å². The van der Waals surface area contributed by atoms with Gasteiger partial charge in [-0.3, -0.25) is 9.59 Å². The van der Waals surface area contributed by atoms with Gasteiger partial charge in [-0.2, -0.15) is 0 Å². The third kappa shape index (κ3) is 5.30. The summed E-state index contributed by atoms with van der Waals surface area (Å²) >= 11 is 3.33. The Balaban J connectivity index is 2.44. The van der Waals surface area contributed by atoms with E-state index in [1.807, 2.05) is 12.1 Å². The Morgan fingerprint density at radius 1 is 1.30 bits per heavy atom. The average Bonchev–Trinajstić information content (AvgIpc) is 2.42. The maximum atomic E-state index is 12.0. The molecule has 6 heteroatoms. The molecular weight excluding hydrogens is 324 g/mol. The van der Waals surface area contributed by atoms with Crippen LogP contribution in [0.15, 0.2) is 28.7 Å². The number of hydrogen-bond acceptors (Lipinski definition) is 3. The van der Waals surface area contributed by atoms with E-state index in [4.69, 9.17) is 4.74 Å². The summed E-state index contributed by atoms with van der Waals surface area (Å²) in [6, 6.07) is 7.21. The lowest BCUT2D eigenvalue weighted by molar-refractivity contribution is -0.129. The number of nitrogens with one attached hydrogen (secondary N) is 1. The molecule has 5 nitrogen and oxygen atoms in total. The topological polar surface area (TPSA) is 58.6 Å². The molecule has 0 aliphatic carbocycles. The van der Waals surface area contributed by atoms with Crippen molar-refractivity contribution in [3.8, 4) is 0 Å². The Labute approximate surface area is 127 Å². The lowest BCUT2D eigenvalue weighted by Gasteiger charge is -2.20. The van der Waals surface area contributed by atoms with Gasteiger partial charge in [-0.05, 0) is 28.1 Å². The summed E-state index contributed by atoms with van der Waals surface area (Å²) in [5, 5.41) is 2.80. The molecule has 0 saturated heterocycles. The fourth-order valence-corrected chi connectivity index (χ4v) is 2.14. The molecule has 0 fully saturated rings. The van der Waals surface area contributed by atoms with E-state index < -0.39 is 0 Å². The van der Waals surface area contributed by atoms with Crippen LogP contribution < -0.4 is 5.32 Å². The Morgan fingerprint density at radius 2 is 2.00 bits per heavy atom. The standard InChI is InChI=1S/C14H19BrN2O3/c1-11(18)17(9-10-20-2)8-7-16-14(19)12-5-3-4-6-13(12)15/h3-6H,7-10H2,1-2H3,(H,16,19). The van der Waals surface area contributed by atoms with Gasteiger partial charge in [0.1, 0.15) is 0 Å². The Bertz CT molecular complexity index is 465. The Kier molecular flexibility index (Phi) is 7.25. The molecule has 20 heavy (non-hydrogen) atoms. The molecule has 0 aliphatic heterocycles. The van der Waals surface area contributed by atoms with Crippen LogP contribution >= 0.6 is 15.9 Å². The van der Waals surface area contributed by atoms with Crippen LogP contribution in [0.25, 0.3) is 0 Å². The maximum absolute atomic E-state index is 12.0. The zero-order valence-corrected chi connectivity index (χ0v) is 13.3. The van der Waals surface area contributed by atoms with E-state index >= 15 is 0 Å². The number of carbonyl (C=O) groups is 2. The SMILES string of the molecule is COCCN(CCNC(=O)c1ccccc1Br)C(C)=O. The minimum Gasteiger partial charge on any atom is -0.383 e. The zero-order chi connectivity index (χ0) is 15.0. The summed E-state index contributed by atoms with van der Waals surface area (Å²) < 4.78 is 5.70. The summed E-state index contributed by atoms with van der Waals surface area (Å²) in [5.41, 5.74) is 0.582. The normalized spacial score (nSPS) is 10.2. The van der Waals surface area contributed by atoms with Crippen LogP contribution in [0.4, 0.5) is 0 Å². The third-order valence-corrected chi connectivity index (χ3v) is 3.49. The summed E-state index contributed by atoms with van der Waals surface area (Å²) in [7, 11) is 1.59. The minimum absolute atomic E-state index is 0.0304. The molecule has 0 saturated carbocycles. The molecular formula is C14H19BrN2O3. The number of carbonyl (C=O) groups excluding carboxylic acids is 2. The van der Waals surface area contributed by atoms with Gasteiger partial charge in [-0.25, -0.2) is 0 Å². The fourth-order valence-electron chi connectivity index (χ4n) is 1.67. The number of rotatable bonds is 7. The van der Waals surface area contributed by atoms with Crippen LogP contribution in [0.1, 0.15) is 17.3 Å². The van der Waals surface area contributed by atoms with E-state index in [1.54, 1.807) is 24.1 Å². The molecule has 1 rings (SSSR count). The molecule has 110 valence electrons. The largest absolute Gasteiger partial charge is 0.383 e. The van der Waals surface area contributed by atoms with Gasteiger partial charge >= 0.3 is 0 Å². The highest BCUT2D eigenvalue weighted by atomic mass is 79.9. The average molecular weight is 343 g/mol. The molecule has 1 aromatic carbocycles. The summed E-state index contributed by atoms with van der Waals surface area (Å²) in [4.78, 5) is 25.0. The van der Waals surface area contributed by atoms with Crippen molar-refractivity contribution < 1.29 is 14.3 Å². The maximum Gasteiger partial charge on any atom is 0.252 e. The van der Waals surface area contributed by atoms with E-state index in [9.17, 15) is 9.59 Å². The lowest BCUT2D eigenvalue weighted by atomic mass is 10.2. The van der Waals surface area contributed by atoms with Gasteiger partial charge in [-0.15, -0.1) is 0 Å². The molecule has 0 atom stereocenters. The molecule has 1 N–H and O–H groups in total. The molecule has 0 heterocycles. The van der Waals surface area contributed by atoms with Gasteiger partial charge in [0.05, 0.1) is 12.2 Å². The first-order valence-corrected chi connectivity index (χ1v) is 7.12. The van der Waals surface area contributed by atoms with Crippen molar-refractivity contribution in [3.63, 3.8) is 0 Å². The van der Waals surface area contributed by atoms with Crippen LogP contribution in [0.5, 0.6) is 0 Å². The molecule has 0 aromatic heterocycles. The van der Waals surface area contributed by atoms with E-state index in [1.165, 1.54) is 6.92 Å². The second-order valence-electron chi connectivity index (χ2n) is 4.23. The van der Waals surface area contributed by atoms with Gasteiger partial charge in [0.15, 0.2) is 0 Å². The van der Waals surface area contributed by atoms with Crippen molar-refractivity contribution >= 4 is 27.7 Å². The van der Waals surface area contributed by atoms with E-state index in [0.29, 0.717) is 31.8 Å². The summed E-state index contributed by atoms with van der Waals surface area (Å²) in [5.74, 6) is -0.190. The number of halogens is 1. The van der Waals surface area contributed by atoms with Gasteiger partial charge in [0.25, 0.3) is 5.91 Å². The quantitative estimate of drug-likeness (QED) is 0.819. The second kappa shape index (κ2) is 8.71. The van der Waals surface area contributed by atoms with E-state index in [0.717, 1.165) is 4.47 Å². The molecule has 0 radical (unpaired) electrons. The fraction of sp³-hybridized carbons (Fsp3) is 0.429. The summed E-state index contributed by atoms with van der Waals surface area (Å²) in [6.07, 6.45) is 0. The van der Waals surface area contributed by atoms with Crippen LogP contribution in [0.3, 0.4) is 0 Å². The Hall–Kier alpha value is -1.40. The van der Waals surface area contributed by atoms with Crippen molar-refractivity contribution in [1.82, 2.24) is 10.2 Å². The molecule has 0 aliphatic rings. The molecule has 1 aromatic rings. The monoisotopic (exact) mass is 342 g/mol. The van der Waals surface area contributed by atoms with E-state index in [2.05, 4.69) is 21.2 Å². The third-order valence-electron chi connectivity index (χ3n) is 2.80. The molecule has 0 unspecified atom stereocenters. The number of amides is 2. The van der Waals surface area contributed by atoms with Crippen LogP contribution in [0, 0.1) is 0 Å². The van der Waals surface area contributed by atoms with Gasteiger partial charge in [0.2, 0.25) is 5.91 Å². The first-order valence-electron chi connectivity index (χ1n) is 6.33. The van der Waals surface area contributed by atoms with Crippen molar-refractivity contribution in [2.24, 2.45) is 0 Å². The number of methoxy groups -OCH3 is 1. The number of ether oxygens (including phenoxy) is 1. The van der Waals surface area contributed by atoms with Gasteiger partial charge in [-0.1, -0.05) is 12.1 Å². The number of nitrogens with zero attached hydrogens (tertiary/aromatic N) is 1. The minimum atomic E-state index is -0.160. The molecule has 2 amide bonds. The number of hydrogen-bond donors (Lipinski definition) is 1. The van der Waals surface area contributed by atoms with Crippen molar-refractivity contribution in [2.75, 3.05) is 33.4 Å². The molecule has 0 bridgehead atoms. The smallest absolute Gasteiger partial charge is 0.252 e. The van der Waals surface area contributed by atoms with Crippen molar-refractivity contribution in [2.45, 2.75) is 6.92 Å². The van der Waals surface area contributed by atoms with Crippen molar-refractivity contribution in [1.29, 1.82) is 0 Å². The Morgan fingerprint density at radius 3 is 2.60 bits per heavy atom. The lowest BCUT2D eigenvalue weighted by Crippen LogP contribution is -2.39. The van der Waals surface area contributed by atoms with Crippen LogP contribution in [-0.2, 0) is 9.53 Å². The predicted molar refractivity (Wildman–Crippen MR) is 80.6 cm³/mol. The van der Waals surface area contributed by atoms with Crippen LogP contribution in [-0.4, -0.2) is 50.1 Å². The molecule has 0 spiro atoms. The summed E-state index contributed by atoms with van der Waals surface area (Å²) in [6.45, 7) is 3.39. The van der Waals surface area contributed by atoms with Crippen molar-refractivity contribution in [3.05, 3.63) is 34.3 Å². The first-order chi connectivity index (χ1) is 9.56. The first kappa shape index (κ1) is 16.7. The highest BCUT2D eigenvalue weighted by molar-refractivity contribution is 9.10. The van der Waals surface area contributed by atoms with Crippen LogP contribution in [0.2, 0.25) is 0 Å². The highest BCUT2D eigenvalue weighted by Crippen LogP contribution is 2.15. The van der Waals surface area contributed by atoms with Gasteiger partial charge in [0, 0.05) is 38.1 Å². The van der Waals surface area contributed by atoms with E-state index in [-0.39, 0.29) is 11.8 Å². The predicted octanol–water partition coefficient (Wildman–Crippen LogP) is 1.67. The zero-order valence-electron chi connectivity index (χ0n) is 11.7. The second-order valence-corrected chi connectivity index (χ2v) is 5.09. The number of benzene rings is 1.